The van der Waals surface area contributed by atoms with E-state index in [1.807, 2.05) is 0 Å². The van der Waals surface area contributed by atoms with Crippen LogP contribution in [0, 0.1) is 0 Å². The van der Waals surface area contributed by atoms with Crippen LogP contribution in [0.15, 0.2) is 0 Å². The molecule has 2 nitrogen and oxygen atoms in total. The summed E-state index contributed by atoms with van der Waals surface area (Å²) in [7, 11) is 15.0. The maximum absolute atomic E-state index is 8.06. The molecule has 0 fully saturated rings. The molecule has 0 aliphatic heterocycles. The molecular weight excluding hydrogens is 391 g/mol. The van der Waals surface area contributed by atoms with Crippen molar-refractivity contribution in [3.05, 3.63) is 0 Å². The Bertz CT molecular complexity index is 49.3. The molecule has 0 aliphatic carbocycles. The van der Waals surface area contributed by atoms with Crippen molar-refractivity contribution in [2.24, 2.45) is 0 Å². The van der Waals surface area contributed by atoms with E-state index in [1.54, 1.807) is 27.7 Å². The Hall–Kier alpha value is 1.53. The fraction of sp³-hybridized carbons (Fsp3) is 1.00. The monoisotopic (exact) mass is 406 g/mol. The number of aliphatic hydroxyl groups is 2. The van der Waals surface area contributed by atoms with Crippen LogP contribution in [0.5, 0.6) is 0 Å². The summed E-state index contributed by atoms with van der Waals surface area (Å²) >= 11 is -2.18. The Morgan fingerprint density at radius 1 is 0.833 bits per heavy atom. The molecule has 0 aliphatic rings. The standard InChI is InChI=1S/2C3H8O.3ClH.Ta/c2*1-3(2)4;;;;/h2*3-4H,1-2H3;3*1H;/q;;;;;+3/p-3. The molecule has 78 valence electrons. The summed E-state index contributed by atoms with van der Waals surface area (Å²) in [5.41, 5.74) is 0. The van der Waals surface area contributed by atoms with Gasteiger partial charge in [0, 0.05) is 12.2 Å². The van der Waals surface area contributed by atoms with E-state index in [-0.39, 0.29) is 12.2 Å². The van der Waals surface area contributed by atoms with Gasteiger partial charge in [-0.3, -0.25) is 0 Å². The van der Waals surface area contributed by atoms with Crippen molar-refractivity contribution in [1.29, 1.82) is 0 Å². The van der Waals surface area contributed by atoms with E-state index >= 15 is 0 Å². The molecule has 0 amide bonds. The average molecular weight is 407 g/mol. The molecule has 12 heavy (non-hydrogen) atoms. The van der Waals surface area contributed by atoms with Gasteiger partial charge in [0.2, 0.25) is 0 Å². The third-order valence-electron chi connectivity index (χ3n) is 0. The van der Waals surface area contributed by atoms with Crippen molar-refractivity contribution in [1.82, 2.24) is 0 Å². The van der Waals surface area contributed by atoms with Gasteiger partial charge in [0.15, 0.2) is 0 Å². The molecule has 0 aromatic rings. The van der Waals surface area contributed by atoms with Crippen LogP contribution in [-0.2, 0) is 15.2 Å². The third kappa shape index (κ3) is 546. The van der Waals surface area contributed by atoms with Crippen molar-refractivity contribution >= 4 is 27.6 Å². The molecule has 0 rings (SSSR count). The fourth-order valence-electron chi connectivity index (χ4n) is 0. The Kier molecular flexibility index (Phi) is 24.0. The third-order valence-corrected chi connectivity index (χ3v) is 0. The van der Waals surface area contributed by atoms with Crippen molar-refractivity contribution in [2.75, 3.05) is 0 Å². The van der Waals surface area contributed by atoms with Crippen LogP contribution in [0.1, 0.15) is 27.7 Å². The second-order valence-corrected chi connectivity index (χ2v) is 16.3. The summed E-state index contributed by atoms with van der Waals surface area (Å²) in [4.78, 5) is 0. The Morgan fingerprint density at radius 3 is 0.833 bits per heavy atom. The van der Waals surface area contributed by atoms with Crippen LogP contribution >= 0.6 is 27.6 Å². The number of rotatable bonds is 0. The van der Waals surface area contributed by atoms with Gasteiger partial charge in [-0.25, -0.2) is 0 Å². The van der Waals surface area contributed by atoms with E-state index in [1.165, 1.54) is 0 Å². The van der Waals surface area contributed by atoms with Crippen LogP contribution < -0.4 is 0 Å². The van der Waals surface area contributed by atoms with Gasteiger partial charge >= 0.3 is 42.8 Å². The molecule has 0 aromatic carbocycles. The second-order valence-electron chi connectivity index (χ2n) is 2.38. The van der Waals surface area contributed by atoms with Crippen molar-refractivity contribution in [2.45, 2.75) is 39.9 Å². The number of hydrogen-bond acceptors (Lipinski definition) is 2. The van der Waals surface area contributed by atoms with Crippen LogP contribution in [-0.4, -0.2) is 22.4 Å². The first-order valence-electron chi connectivity index (χ1n) is 3.33. The maximum atomic E-state index is 8.06. The number of halogens is 3. The van der Waals surface area contributed by atoms with Crippen molar-refractivity contribution < 1.29 is 25.4 Å². The topological polar surface area (TPSA) is 40.5 Å². The van der Waals surface area contributed by atoms with E-state index in [4.69, 9.17) is 37.8 Å². The SMILES string of the molecule is CC(C)O.CC(C)O.[Cl][Ta]([Cl])[Cl]. The van der Waals surface area contributed by atoms with Gasteiger partial charge in [-0.05, 0) is 27.7 Å². The second kappa shape index (κ2) is 15.0. The van der Waals surface area contributed by atoms with Gasteiger partial charge in [0.25, 0.3) is 0 Å². The van der Waals surface area contributed by atoms with E-state index in [2.05, 4.69) is 0 Å². The molecule has 0 aromatic heterocycles. The summed E-state index contributed by atoms with van der Waals surface area (Å²) in [5.74, 6) is 0. The van der Waals surface area contributed by atoms with Crippen molar-refractivity contribution in [3.8, 4) is 0 Å². The molecule has 0 atom stereocenters. The first-order valence-corrected chi connectivity index (χ1v) is 15.3. The summed E-state index contributed by atoms with van der Waals surface area (Å²) in [6, 6.07) is 0. The molecule has 0 bridgehead atoms. The van der Waals surface area contributed by atoms with Gasteiger partial charge in [-0.2, -0.15) is 0 Å². The quantitative estimate of drug-likeness (QED) is 0.648. The minimum atomic E-state index is -2.18. The molecule has 0 unspecified atom stereocenters. The van der Waals surface area contributed by atoms with E-state index < -0.39 is 15.2 Å². The zero-order valence-corrected chi connectivity index (χ0v) is 13.1. The molecular formula is C6H16Cl3O2Ta. The summed E-state index contributed by atoms with van der Waals surface area (Å²) in [6.07, 6.45) is -0.333. The summed E-state index contributed by atoms with van der Waals surface area (Å²) < 4.78 is 0. The zero-order valence-electron chi connectivity index (χ0n) is 7.63. The fourth-order valence-corrected chi connectivity index (χ4v) is 0. The Balaban J connectivity index is -0.000000101. The molecule has 0 heterocycles. The molecule has 2 N–H and O–H groups in total. The number of hydrogen-bond donors (Lipinski definition) is 2. The first-order chi connectivity index (χ1) is 5.20. The molecule has 0 spiro atoms. The predicted octanol–water partition coefficient (Wildman–Crippen LogP) is 2.84. The van der Waals surface area contributed by atoms with Crippen LogP contribution in [0.3, 0.4) is 0 Å². The Labute approximate surface area is 92.4 Å². The van der Waals surface area contributed by atoms with Gasteiger partial charge in [-0.1, -0.05) is 0 Å². The molecule has 6 heteroatoms. The number of aliphatic hydroxyl groups excluding tert-OH is 2. The molecule has 0 saturated carbocycles. The van der Waals surface area contributed by atoms with Crippen LogP contribution in [0.2, 0.25) is 0 Å². The van der Waals surface area contributed by atoms with E-state index in [9.17, 15) is 0 Å². The average Bonchev–Trinajstić information content (AvgIpc) is 1.54. The van der Waals surface area contributed by atoms with E-state index in [0.717, 1.165) is 0 Å². The van der Waals surface area contributed by atoms with Crippen LogP contribution in [0.4, 0.5) is 0 Å². The predicted molar refractivity (Wildman–Crippen MR) is 52.3 cm³/mol. The van der Waals surface area contributed by atoms with Crippen molar-refractivity contribution in [3.63, 3.8) is 0 Å². The molecule has 0 radical (unpaired) electrons. The van der Waals surface area contributed by atoms with Gasteiger partial charge in [0.1, 0.15) is 0 Å². The normalized spacial score (nSPS) is 9.00. The van der Waals surface area contributed by atoms with E-state index in [0.29, 0.717) is 0 Å². The van der Waals surface area contributed by atoms with Crippen LogP contribution in [0.25, 0.3) is 0 Å². The summed E-state index contributed by atoms with van der Waals surface area (Å²) in [6.45, 7) is 6.89. The minimum absolute atomic E-state index is 0.167. The Morgan fingerprint density at radius 2 is 0.833 bits per heavy atom. The van der Waals surface area contributed by atoms with Gasteiger partial charge in [-0.15, -0.1) is 0 Å². The molecule has 0 saturated heterocycles. The zero-order chi connectivity index (χ0) is 10.7. The summed E-state index contributed by atoms with van der Waals surface area (Å²) in [5, 5.41) is 16.1. The van der Waals surface area contributed by atoms with Gasteiger partial charge < -0.3 is 10.2 Å². The van der Waals surface area contributed by atoms with Gasteiger partial charge in [0.05, 0.1) is 0 Å². The first kappa shape index (κ1) is 19.2.